The van der Waals surface area contributed by atoms with Gasteiger partial charge in [-0.15, -0.1) is 0 Å². The molecule has 16 heavy (non-hydrogen) atoms. The van der Waals surface area contributed by atoms with E-state index in [4.69, 9.17) is 4.43 Å². The fourth-order valence-corrected chi connectivity index (χ4v) is 5.07. The third-order valence-corrected chi connectivity index (χ3v) is 6.45. The molecule has 0 aliphatic carbocycles. The largest absolute Gasteiger partial charge is 0.519 e. The summed E-state index contributed by atoms with van der Waals surface area (Å²) in [6, 6.07) is 2.25. The van der Waals surface area contributed by atoms with Crippen molar-refractivity contribution in [1.82, 2.24) is 0 Å². The van der Waals surface area contributed by atoms with E-state index in [9.17, 15) is 4.79 Å². The maximum atomic E-state index is 11.7. The standard InChI is InChI=1S/C13H28O2Si/c1-6-8-10-16(5,11-9-7-2)15-13(14)12(3)4/h12H,6-11H2,1-5H3. The fourth-order valence-electron chi connectivity index (χ4n) is 1.69. The first-order chi connectivity index (χ1) is 7.45. The minimum absolute atomic E-state index is 0.00127. The molecule has 0 saturated heterocycles. The Bertz CT molecular complexity index is 194. The Hall–Kier alpha value is -0.313. The number of hydrogen-bond donors (Lipinski definition) is 0. The van der Waals surface area contributed by atoms with Crippen LogP contribution < -0.4 is 0 Å². The van der Waals surface area contributed by atoms with Gasteiger partial charge in [0.15, 0.2) is 0 Å². The highest BCUT2D eigenvalue weighted by molar-refractivity contribution is 6.73. The summed E-state index contributed by atoms with van der Waals surface area (Å²) in [4.78, 5) is 11.7. The minimum atomic E-state index is -1.77. The molecule has 0 spiro atoms. The molecule has 0 aromatic carbocycles. The molecule has 0 saturated carbocycles. The molecule has 0 aromatic heterocycles. The van der Waals surface area contributed by atoms with Gasteiger partial charge in [0.25, 0.3) is 14.3 Å². The summed E-state index contributed by atoms with van der Waals surface area (Å²) in [7, 11) is -1.77. The SMILES string of the molecule is CCCC[Si](C)(CCCC)OC(=O)C(C)C. The molecule has 0 unspecified atom stereocenters. The number of hydrogen-bond acceptors (Lipinski definition) is 2. The Morgan fingerprint density at radius 2 is 1.56 bits per heavy atom. The third-order valence-electron chi connectivity index (χ3n) is 2.94. The number of carbonyl (C=O) groups excluding carboxylic acids is 1. The lowest BCUT2D eigenvalue weighted by Gasteiger charge is -2.28. The maximum absolute atomic E-state index is 11.7. The van der Waals surface area contributed by atoms with Crippen LogP contribution in [0, 0.1) is 5.92 Å². The molecule has 0 aliphatic heterocycles. The van der Waals surface area contributed by atoms with Gasteiger partial charge in [-0.25, -0.2) is 0 Å². The van der Waals surface area contributed by atoms with Gasteiger partial charge in [0, 0.05) is 5.92 Å². The first-order valence-electron chi connectivity index (χ1n) is 6.68. The van der Waals surface area contributed by atoms with Gasteiger partial charge in [-0.3, -0.25) is 4.79 Å². The molecule has 0 rings (SSSR count). The van der Waals surface area contributed by atoms with E-state index in [2.05, 4.69) is 20.4 Å². The molecule has 0 atom stereocenters. The van der Waals surface area contributed by atoms with E-state index in [-0.39, 0.29) is 11.9 Å². The summed E-state index contributed by atoms with van der Waals surface area (Å²) in [5.41, 5.74) is 0. The molecule has 0 heterocycles. The topological polar surface area (TPSA) is 26.3 Å². The second kappa shape index (κ2) is 7.88. The van der Waals surface area contributed by atoms with E-state index in [1.54, 1.807) is 0 Å². The monoisotopic (exact) mass is 244 g/mol. The molecule has 3 heteroatoms. The van der Waals surface area contributed by atoms with Gasteiger partial charge in [0.2, 0.25) is 0 Å². The lowest BCUT2D eigenvalue weighted by molar-refractivity contribution is -0.138. The average Bonchev–Trinajstić information content (AvgIpc) is 2.23. The van der Waals surface area contributed by atoms with Crippen molar-refractivity contribution in [2.75, 3.05) is 0 Å². The fraction of sp³-hybridized carbons (Fsp3) is 0.923. The van der Waals surface area contributed by atoms with Gasteiger partial charge < -0.3 is 4.43 Å². The molecule has 0 aliphatic rings. The molecular weight excluding hydrogens is 216 g/mol. The lowest BCUT2D eigenvalue weighted by Crippen LogP contribution is -2.38. The molecule has 0 N–H and O–H groups in total. The number of rotatable bonds is 8. The van der Waals surface area contributed by atoms with Crippen molar-refractivity contribution in [3.05, 3.63) is 0 Å². The smallest absolute Gasteiger partial charge is 0.295 e. The second-order valence-electron chi connectivity index (χ2n) is 5.23. The Kier molecular flexibility index (Phi) is 7.72. The van der Waals surface area contributed by atoms with Gasteiger partial charge in [-0.05, 0) is 18.6 Å². The summed E-state index contributed by atoms with van der Waals surface area (Å²) in [6.45, 7) is 10.4. The van der Waals surface area contributed by atoms with Crippen molar-refractivity contribution in [2.45, 2.75) is 72.0 Å². The Labute approximate surface area is 102 Å². The van der Waals surface area contributed by atoms with Gasteiger partial charge in [0.05, 0.1) is 0 Å². The Balaban J connectivity index is 4.33. The molecule has 0 amide bonds. The molecule has 96 valence electrons. The van der Waals surface area contributed by atoms with E-state index in [0.717, 1.165) is 12.1 Å². The average molecular weight is 244 g/mol. The van der Waals surface area contributed by atoms with E-state index in [0.29, 0.717) is 0 Å². The van der Waals surface area contributed by atoms with Crippen molar-refractivity contribution in [3.8, 4) is 0 Å². The first kappa shape index (κ1) is 15.7. The van der Waals surface area contributed by atoms with Crippen molar-refractivity contribution in [3.63, 3.8) is 0 Å². The van der Waals surface area contributed by atoms with Crippen LogP contribution in [0.4, 0.5) is 0 Å². The predicted molar refractivity (Wildman–Crippen MR) is 72.0 cm³/mol. The van der Waals surface area contributed by atoms with E-state index >= 15 is 0 Å². The van der Waals surface area contributed by atoms with E-state index in [1.165, 1.54) is 25.7 Å². The second-order valence-corrected chi connectivity index (χ2v) is 9.34. The molecule has 0 radical (unpaired) electrons. The van der Waals surface area contributed by atoms with Crippen molar-refractivity contribution in [2.24, 2.45) is 5.92 Å². The molecule has 2 nitrogen and oxygen atoms in total. The summed E-state index contributed by atoms with van der Waals surface area (Å²) >= 11 is 0. The molecule has 0 aromatic rings. The van der Waals surface area contributed by atoms with Crippen LogP contribution in [0.5, 0.6) is 0 Å². The van der Waals surface area contributed by atoms with Gasteiger partial charge in [-0.2, -0.15) is 0 Å². The zero-order valence-corrected chi connectivity index (χ0v) is 12.6. The van der Waals surface area contributed by atoms with Crippen LogP contribution in [0.15, 0.2) is 0 Å². The summed E-state index contributed by atoms with van der Waals surface area (Å²) in [6.07, 6.45) is 4.76. The zero-order chi connectivity index (χ0) is 12.6. The van der Waals surface area contributed by atoms with Crippen LogP contribution in [0.1, 0.15) is 53.4 Å². The van der Waals surface area contributed by atoms with E-state index in [1.807, 2.05) is 13.8 Å². The lowest BCUT2D eigenvalue weighted by atomic mass is 10.2. The third kappa shape index (κ3) is 6.31. The highest BCUT2D eigenvalue weighted by Gasteiger charge is 2.32. The molecule has 0 bridgehead atoms. The normalized spacial score (nSPS) is 11.9. The van der Waals surface area contributed by atoms with Gasteiger partial charge in [-0.1, -0.05) is 53.4 Å². The van der Waals surface area contributed by atoms with Crippen LogP contribution in [0.3, 0.4) is 0 Å². The predicted octanol–water partition coefficient (Wildman–Crippen LogP) is 4.36. The first-order valence-corrected chi connectivity index (χ1v) is 9.50. The van der Waals surface area contributed by atoms with Crippen LogP contribution in [0.2, 0.25) is 18.6 Å². The molecule has 0 fully saturated rings. The van der Waals surface area contributed by atoms with Crippen LogP contribution >= 0.6 is 0 Å². The Morgan fingerprint density at radius 3 is 1.88 bits per heavy atom. The van der Waals surface area contributed by atoms with Crippen LogP contribution in [0.25, 0.3) is 0 Å². The number of unbranched alkanes of at least 4 members (excludes halogenated alkanes) is 2. The van der Waals surface area contributed by atoms with Crippen molar-refractivity contribution < 1.29 is 9.22 Å². The quantitative estimate of drug-likeness (QED) is 0.593. The van der Waals surface area contributed by atoms with Crippen LogP contribution in [-0.2, 0) is 9.22 Å². The maximum Gasteiger partial charge on any atom is 0.295 e. The zero-order valence-electron chi connectivity index (χ0n) is 11.6. The van der Waals surface area contributed by atoms with E-state index < -0.39 is 8.32 Å². The Morgan fingerprint density at radius 1 is 1.12 bits per heavy atom. The summed E-state index contributed by atoms with van der Waals surface area (Å²) in [5.74, 6) is 0.0106. The van der Waals surface area contributed by atoms with Crippen molar-refractivity contribution >= 4 is 14.3 Å². The highest BCUT2D eigenvalue weighted by Crippen LogP contribution is 2.24. The van der Waals surface area contributed by atoms with Crippen molar-refractivity contribution in [1.29, 1.82) is 0 Å². The van der Waals surface area contributed by atoms with Gasteiger partial charge in [0.1, 0.15) is 0 Å². The molecular formula is C13H28O2Si. The highest BCUT2D eigenvalue weighted by atomic mass is 28.4. The summed E-state index contributed by atoms with van der Waals surface area (Å²) < 4.78 is 5.80. The number of carbonyl (C=O) groups is 1. The van der Waals surface area contributed by atoms with Crippen LogP contribution in [-0.4, -0.2) is 14.3 Å². The summed E-state index contributed by atoms with van der Waals surface area (Å²) in [5, 5.41) is 0. The minimum Gasteiger partial charge on any atom is -0.519 e. The van der Waals surface area contributed by atoms with Gasteiger partial charge >= 0.3 is 0 Å².